The number of aryl methyl sites for hydroxylation is 1. The Balaban J connectivity index is 1.69. The Morgan fingerprint density at radius 2 is 2.00 bits per heavy atom. The Hall–Kier alpha value is -1.88. The first kappa shape index (κ1) is 16.0. The molecule has 2 amide bonds. The van der Waals surface area contributed by atoms with Crippen molar-refractivity contribution in [2.45, 2.75) is 44.6 Å². The van der Waals surface area contributed by atoms with Gasteiger partial charge in [-0.25, -0.2) is 0 Å². The molecule has 1 fully saturated rings. The molecule has 5 nitrogen and oxygen atoms in total. The zero-order chi connectivity index (χ0) is 16.4. The molecular formula is C18H24N2O3. The Bertz CT molecular complexity index is 606. The van der Waals surface area contributed by atoms with Crippen LogP contribution in [-0.4, -0.2) is 41.5 Å². The predicted octanol–water partition coefficient (Wildman–Crippen LogP) is 2.19. The maximum Gasteiger partial charge on any atom is 0.253 e. The molecule has 3 rings (SSSR count). The van der Waals surface area contributed by atoms with Crippen LogP contribution in [0.2, 0.25) is 0 Å². The molecule has 1 aliphatic heterocycles. The maximum atomic E-state index is 12.7. The third kappa shape index (κ3) is 3.39. The molecule has 2 aliphatic rings. The van der Waals surface area contributed by atoms with Crippen LogP contribution in [-0.2, 0) is 11.2 Å². The molecular weight excluding hydrogens is 292 g/mol. The summed E-state index contributed by atoms with van der Waals surface area (Å²) >= 11 is 0. The van der Waals surface area contributed by atoms with Crippen molar-refractivity contribution in [1.82, 2.24) is 4.90 Å². The Labute approximate surface area is 136 Å². The highest BCUT2D eigenvalue weighted by Gasteiger charge is 2.27. The first-order valence-corrected chi connectivity index (χ1v) is 8.39. The molecule has 1 aromatic carbocycles. The number of fused-ring (bicyclic) bond motifs is 1. The smallest absolute Gasteiger partial charge is 0.253 e. The summed E-state index contributed by atoms with van der Waals surface area (Å²) in [6.07, 6.45) is 5.03. The summed E-state index contributed by atoms with van der Waals surface area (Å²) in [4.78, 5) is 26.0. The van der Waals surface area contributed by atoms with Crippen LogP contribution < -0.4 is 5.32 Å². The van der Waals surface area contributed by atoms with E-state index in [1.54, 1.807) is 6.07 Å². The van der Waals surface area contributed by atoms with Crippen LogP contribution in [0.3, 0.4) is 0 Å². The number of benzene rings is 1. The van der Waals surface area contributed by atoms with E-state index in [0.717, 1.165) is 36.9 Å². The Morgan fingerprint density at radius 1 is 1.26 bits per heavy atom. The van der Waals surface area contributed by atoms with Gasteiger partial charge in [-0.2, -0.15) is 0 Å². The molecule has 0 unspecified atom stereocenters. The molecule has 0 bridgehead atoms. The number of hydrogen-bond donors (Lipinski definition) is 2. The third-order valence-corrected chi connectivity index (χ3v) is 5.19. The number of anilines is 1. The standard InChI is InChI=1S/C18H24N2O3/c1-20(15-6-2-12(11-21)3-7-15)18(23)14-4-8-16-13(10-14)5-9-17(22)19-16/h4,8,10,12,15,21H,2-3,5-7,9,11H2,1H3,(H,19,22). The Morgan fingerprint density at radius 3 is 2.70 bits per heavy atom. The molecule has 23 heavy (non-hydrogen) atoms. The molecule has 0 saturated heterocycles. The van der Waals surface area contributed by atoms with Gasteiger partial charge in [-0.05, 0) is 61.8 Å². The number of nitrogens with one attached hydrogen (secondary N) is 1. The number of amides is 2. The van der Waals surface area contributed by atoms with Crippen molar-refractivity contribution in [3.8, 4) is 0 Å². The largest absolute Gasteiger partial charge is 0.396 e. The number of nitrogens with zero attached hydrogens (tertiary/aromatic N) is 1. The van der Waals surface area contributed by atoms with Crippen molar-refractivity contribution < 1.29 is 14.7 Å². The van der Waals surface area contributed by atoms with Crippen molar-refractivity contribution in [2.75, 3.05) is 19.0 Å². The molecule has 0 atom stereocenters. The molecule has 0 radical (unpaired) electrons. The quantitative estimate of drug-likeness (QED) is 0.898. The lowest BCUT2D eigenvalue weighted by Gasteiger charge is -2.34. The highest BCUT2D eigenvalue weighted by atomic mass is 16.3. The van der Waals surface area contributed by atoms with Crippen LogP contribution in [0, 0.1) is 5.92 Å². The topological polar surface area (TPSA) is 69.6 Å². The van der Waals surface area contributed by atoms with Gasteiger partial charge in [-0.15, -0.1) is 0 Å². The van der Waals surface area contributed by atoms with Gasteiger partial charge >= 0.3 is 0 Å². The van der Waals surface area contributed by atoms with Crippen LogP contribution in [0.5, 0.6) is 0 Å². The molecule has 5 heteroatoms. The van der Waals surface area contributed by atoms with Gasteiger partial charge in [-0.1, -0.05) is 0 Å². The predicted molar refractivity (Wildman–Crippen MR) is 88.3 cm³/mol. The lowest BCUT2D eigenvalue weighted by Crippen LogP contribution is -2.40. The van der Waals surface area contributed by atoms with Crippen LogP contribution >= 0.6 is 0 Å². The highest BCUT2D eigenvalue weighted by molar-refractivity contribution is 5.98. The summed E-state index contributed by atoms with van der Waals surface area (Å²) in [7, 11) is 1.87. The van der Waals surface area contributed by atoms with Crippen molar-refractivity contribution in [3.63, 3.8) is 0 Å². The summed E-state index contributed by atoms with van der Waals surface area (Å²) in [6.45, 7) is 0.251. The van der Waals surface area contributed by atoms with E-state index in [1.165, 1.54) is 0 Å². The summed E-state index contributed by atoms with van der Waals surface area (Å²) in [5.41, 5.74) is 2.54. The SMILES string of the molecule is CN(C(=O)c1ccc2c(c1)CCC(=O)N2)C1CCC(CO)CC1. The highest BCUT2D eigenvalue weighted by Crippen LogP contribution is 2.28. The van der Waals surface area contributed by atoms with Crippen LogP contribution in [0.4, 0.5) is 5.69 Å². The normalized spacial score (nSPS) is 23.8. The van der Waals surface area contributed by atoms with Gasteiger partial charge in [-0.3, -0.25) is 9.59 Å². The van der Waals surface area contributed by atoms with Gasteiger partial charge in [0, 0.05) is 37.4 Å². The second kappa shape index (κ2) is 6.71. The minimum absolute atomic E-state index is 0.0364. The average molecular weight is 316 g/mol. The molecule has 0 spiro atoms. The van der Waals surface area contributed by atoms with Crippen molar-refractivity contribution in [2.24, 2.45) is 5.92 Å². The second-order valence-electron chi connectivity index (χ2n) is 6.69. The van der Waals surface area contributed by atoms with E-state index in [9.17, 15) is 14.7 Å². The van der Waals surface area contributed by atoms with Crippen LogP contribution in [0.25, 0.3) is 0 Å². The number of hydrogen-bond acceptors (Lipinski definition) is 3. The number of carbonyl (C=O) groups excluding carboxylic acids is 2. The fraction of sp³-hybridized carbons (Fsp3) is 0.556. The third-order valence-electron chi connectivity index (χ3n) is 5.19. The minimum atomic E-state index is 0.0364. The molecule has 124 valence electrons. The fourth-order valence-corrected chi connectivity index (χ4v) is 3.60. The molecule has 1 aliphatic carbocycles. The van der Waals surface area contributed by atoms with E-state index in [1.807, 2.05) is 24.1 Å². The van der Waals surface area contributed by atoms with Gasteiger partial charge in [0.05, 0.1) is 0 Å². The van der Waals surface area contributed by atoms with Gasteiger partial charge < -0.3 is 15.3 Å². The molecule has 2 N–H and O–H groups in total. The van der Waals surface area contributed by atoms with E-state index in [2.05, 4.69) is 5.32 Å². The van der Waals surface area contributed by atoms with Crippen molar-refractivity contribution in [3.05, 3.63) is 29.3 Å². The van der Waals surface area contributed by atoms with Crippen LogP contribution in [0.15, 0.2) is 18.2 Å². The van der Waals surface area contributed by atoms with Gasteiger partial charge in [0.2, 0.25) is 5.91 Å². The molecule has 1 saturated carbocycles. The van der Waals surface area contributed by atoms with Crippen molar-refractivity contribution in [1.29, 1.82) is 0 Å². The second-order valence-corrected chi connectivity index (χ2v) is 6.69. The Kier molecular flexibility index (Phi) is 4.66. The maximum absolute atomic E-state index is 12.7. The van der Waals surface area contributed by atoms with Gasteiger partial charge in [0.25, 0.3) is 5.91 Å². The van der Waals surface area contributed by atoms with Gasteiger partial charge in [0.1, 0.15) is 0 Å². The van der Waals surface area contributed by atoms with Crippen LogP contribution in [0.1, 0.15) is 48.0 Å². The first-order valence-electron chi connectivity index (χ1n) is 8.39. The molecule has 1 heterocycles. The zero-order valence-electron chi connectivity index (χ0n) is 13.5. The van der Waals surface area contributed by atoms with E-state index in [0.29, 0.717) is 24.3 Å². The van der Waals surface area contributed by atoms with Crippen molar-refractivity contribution >= 4 is 17.5 Å². The number of aliphatic hydroxyl groups excluding tert-OH is 1. The van der Waals surface area contributed by atoms with E-state index >= 15 is 0 Å². The lowest BCUT2D eigenvalue weighted by atomic mass is 9.86. The number of aliphatic hydroxyl groups is 1. The van der Waals surface area contributed by atoms with E-state index in [-0.39, 0.29) is 24.5 Å². The minimum Gasteiger partial charge on any atom is -0.396 e. The average Bonchev–Trinajstić information content (AvgIpc) is 2.60. The van der Waals surface area contributed by atoms with E-state index < -0.39 is 0 Å². The summed E-state index contributed by atoms with van der Waals surface area (Å²) in [5.74, 6) is 0.466. The number of rotatable bonds is 3. The lowest BCUT2D eigenvalue weighted by molar-refractivity contribution is -0.116. The fourth-order valence-electron chi connectivity index (χ4n) is 3.60. The first-order chi connectivity index (χ1) is 11.1. The van der Waals surface area contributed by atoms with E-state index in [4.69, 9.17) is 0 Å². The van der Waals surface area contributed by atoms with Gasteiger partial charge in [0.15, 0.2) is 0 Å². The monoisotopic (exact) mass is 316 g/mol. The summed E-state index contributed by atoms with van der Waals surface area (Å²) in [5, 5.41) is 12.1. The summed E-state index contributed by atoms with van der Waals surface area (Å²) in [6, 6.07) is 5.78. The zero-order valence-corrected chi connectivity index (χ0v) is 13.5. The summed E-state index contributed by atoms with van der Waals surface area (Å²) < 4.78 is 0. The molecule has 0 aromatic heterocycles. The molecule has 1 aromatic rings. The number of carbonyl (C=O) groups is 2.